The van der Waals surface area contributed by atoms with Gasteiger partial charge in [0.2, 0.25) is 0 Å². The molecule has 1 aromatic carbocycles. The molecule has 1 aliphatic heterocycles. The van der Waals surface area contributed by atoms with E-state index in [0.717, 1.165) is 18.8 Å². The lowest BCUT2D eigenvalue weighted by Gasteiger charge is -2.24. The number of benzene rings is 1. The first-order chi connectivity index (χ1) is 8.92. The largest absolute Gasteiger partial charge is 0.381 e. The summed E-state index contributed by atoms with van der Waals surface area (Å²) in [6, 6.07) is 9.05. The number of aromatic amines is 1. The Hall–Kier alpha value is -1.81. The normalized spacial score (nSPS) is 19.7. The Morgan fingerprint density at radius 1 is 1.22 bits per heavy atom. The van der Waals surface area contributed by atoms with Crippen molar-refractivity contribution in [3.05, 3.63) is 36.8 Å². The summed E-state index contributed by atoms with van der Waals surface area (Å²) in [5.41, 5.74) is 3.41. The van der Waals surface area contributed by atoms with E-state index in [9.17, 15) is 0 Å². The SMILES string of the molecule is c1ncc(-c2ccc(NC3CCCNC3)cc2)[nH]1. The fraction of sp³-hybridized carbons (Fsp3) is 0.357. The van der Waals surface area contributed by atoms with Crippen molar-refractivity contribution >= 4 is 5.69 Å². The Morgan fingerprint density at radius 3 is 2.78 bits per heavy atom. The van der Waals surface area contributed by atoms with Gasteiger partial charge in [0.15, 0.2) is 0 Å². The number of H-pyrrole nitrogens is 1. The van der Waals surface area contributed by atoms with E-state index in [2.05, 4.69) is 44.9 Å². The lowest BCUT2D eigenvalue weighted by atomic mass is 10.1. The van der Waals surface area contributed by atoms with Crippen LogP contribution in [-0.2, 0) is 0 Å². The van der Waals surface area contributed by atoms with Crippen LogP contribution in [0, 0.1) is 0 Å². The summed E-state index contributed by atoms with van der Waals surface area (Å²) < 4.78 is 0. The molecule has 0 amide bonds. The summed E-state index contributed by atoms with van der Waals surface area (Å²) in [7, 11) is 0. The van der Waals surface area contributed by atoms with Gasteiger partial charge >= 0.3 is 0 Å². The standard InChI is InChI=1S/C14H18N4/c1-2-13(8-15-7-1)18-12-5-3-11(4-6-12)14-9-16-10-17-14/h3-6,9-10,13,15,18H,1-2,7-8H2,(H,16,17). The Labute approximate surface area is 107 Å². The van der Waals surface area contributed by atoms with Crippen LogP contribution in [0.25, 0.3) is 11.3 Å². The van der Waals surface area contributed by atoms with Crippen LogP contribution < -0.4 is 10.6 Å². The van der Waals surface area contributed by atoms with Gasteiger partial charge in [-0.2, -0.15) is 0 Å². The molecule has 4 nitrogen and oxygen atoms in total. The van der Waals surface area contributed by atoms with Crippen molar-refractivity contribution < 1.29 is 0 Å². The molecule has 0 saturated carbocycles. The second kappa shape index (κ2) is 5.23. The number of hydrogen-bond acceptors (Lipinski definition) is 3. The molecule has 2 aromatic rings. The van der Waals surface area contributed by atoms with Crippen LogP contribution in [0.1, 0.15) is 12.8 Å². The minimum Gasteiger partial charge on any atom is -0.381 e. The predicted molar refractivity (Wildman–Crippen MR) is 73.5 cm³/mol. The number of piperidine rings is 1. The number of nitrogens with zero attached hydrogens (tertiary/aromatic N) is 1. The highest BCUT2D eigenvalue weighted by Crippen LogP contribution is 2.20. The molecular weight excluding hydrogens is 224 g/mol. The van der Waals surface area contributed by atoms with Crippen molar-refractivity contribution in [3.63, 3.8) is 0 Å². The third-order valence-corrected chi connectivity index (χ3v) is 3.36. The Kier molecular flexibility index (Phi) is 3.28. The lowest BCUT2D eigenvalue weighted by molar-refractivity contribution is 0.480. The molecule has 2 heterocycles. The molecule has 0 radical (unpaired) electrons. The minimum atomic E-state index is 0.553. The van der Waals surface area contributed by atoms with Gasteiger partial charge in [0, 0.05) is 18.3 Å². The summed E-state index contributed by atoms with van der Waals surface area (Å²) >= 11 is 0. The van der Waals surface area contributed by atoms with Gasteiger partial charge in [-0.25, -0.2) is 4.98 Å². The zero-order chi connectivity index (χ0) is 12.2. The minimum absolute atomic E-state index is 0.553. The summed E-state index contributed by atoms with van der Waals surface area (Å²) in [6.45, 7) is 2.21. The van der Waals surface area contributed by atoms with E-state index in [1.165, 1.54) is 24.1 Å². The van der Waals surface area contributed by atoms with Crippen molar-refractivity contribution in [2.45, 2.75) is 18.9 Å². The smallest absolute Gasteiger partial charge is 0.0924 e. The fourth-order valence-corrected chi connectivity index (χ4v) is 2.37. The molecule has 0 bridgehead atoms. The second-order valence-corrected chi connectivity index (χ2v) is 4.73. The van der Waals surface area contributed by atoms with Gasteiger partial charge in [-0.1, -0.05) is 12.1 Å². The van der Waals surface area contributed by atoms with Gasteiger partial charge < -0.3 is 15.6 Å². The molecule has 1 aliphatic rings. The van der Waals surface area contributed by atoms with Crippen LogP contribution in [0.3, 0.4) is 0 Å². The molecular formula is C14H18N4. The van der Waals surface area contributed by atoms with Gasteiger partial charge in [-0.3, -0.25) is 0 Å². The Bertz CT molecular complexity index is 469. The van der Waals surface area contributed by atoms with Crippen LogP contribution >= 0.6 is 0 Å². The summed E-state index contributed by atoms with van der Waals surface area (Å²) in [4.78, 5) is 7.15. The van der Waals surface area contributed by atoms with Crippen LogP contribution in [0.4, 0.5) is 5.69 Å². The van der Waals surface area contributed by atoms with Crippen molar-refractivity contribution in [2.24, 2.45) is 0 Å². The first-order valence-electron chi connectivity index (χ1n) is 6.48. The van der Waals surface area contributed by atoms with E-state index in [4.69, 9.17) is 0 Å². The second-order valence-electron chi connectivity index (χ2n) is 4.73. The topological polar surface area (TPSA) is 52.7 Å². The van der Waals surface area contributed by atoms with Gasteiger partial charge in [0.1, 0.15) is 0 Å². The van der Waals surface area contributed by atoms with Gasteiger partial charge in [0.25, 0.3) is 0 Å². The quantitative estimate of drug-likeness (QED) is 0.773. The number of anilines is 1. The van der Waals surface area contributed by atoms with E-state index in [1.54, 1.807) is 6.33 Å². The molecule has 94 valence electrons. The predicted octanol–water partition coefficient (Wildman–Crippen LogP) is 2.24. The number of hydrogen-bond donors (Lipinski definition) is 3. The van der Waals surface area contributed by atoms with Crippen molar-refractivity contribution in [2.75, 3.05) is 18.4 Å². The molecule has 0 spiro atoms. The average molecular weight is 242 g/mol. The van der Waals surface area contributed by atoms with Crippen molar-refractivity contribution in [3.8, 4) is 11.3 Å². The number of imidazole rings is 1. The maximum absolute atomic E-state index is 4.04. The van der Waals surface area contributed by atoms with Crippen LogP contribution in [0.15, 0.2) is 36.8 Å². The molecule has 1 saturated heterocycles. The maximum atomic E-state index is 4.04. The highest BCUT2D eigenvalue weighted by atomic mass is 15.0. The number of aromatic nitrogens is 2. The van der Waals surface area contributed by atoms with Crippen LogP contribution in [0.5, 0.6) is 0 Å². The lowest BCUT2D eigenvalue weighted by Crippen LogP contribution is -2.38. The third-order valence-electron chi connectivity index (χ3n) is 3.36. The summed E-state index contributed by atoms with van der Waals surface area (Å²) in [6.07, 6.45) is 6.04. The molecule has 18 heavy (non-hydrogen) atoms. The molecule has 3 N–H and O–H groups in total. The maximum Gasteiger partial charge on any atom is 0.0924 e. The summed E-state index contributed by atoms with van der Waals surface area (Å²) in [5, 5.41) is 6.98. The van der Waals surface area contributed by atoms with Gasteiger partial charge in [0.05, 0.1) is 18.2 Å². The zero-order valence-corrected chi connectivity index (χ0v) is 10.3. The highest BCUT2D eigenvalue weighted by Gasteiger charge is 2.12. The van der Waals surface area contributed by atoms with Crippen LogP contribution in [0.2, 0.25) is 0 Å². The zero-order valence-electron chi connectivity index (χ0n) is 10.3. The Balaban J connectivity index is 1.67. The molecule has 1 unspecified atom stereocenters. The average Bonchev–Trinajstić information content (AvgIpc) is 2.95. The summed E-state index contributed by atoms with van der Waals surface area (Å²) in [5.74, 6) is 0. The third kappa shape index (κ3) is 2.54. The number of rotatable bonds is 3. The van der Waals surface area contributed by atoms with Crippen LogP contribution in [-0.4, -0.2) is 29.1 Å². The van der Waals surface area contributed by atoms with E-state index in [1.807, 2.05) is 6.20 Å². The molecule has 1 atom stereocenters. The Morgan fingerprint density at radius 2 is 2.11 bits per heavy atom. The van der Waals surface area contributed by atoms with Gasteiger partial charge in [-0.05, 0) is 37.1 Å². The molecule has 4 heteroatoms. The van der Waals surface area contributed by atoms with Crippen molar-refractivity contribution in [1.29, 1.82) is 0 Å². The first-order valence-corrected chi connectivity index (χ1v) is 6.48. The van der Waals surface area contributed by atoms with E-state index in [-0.39, 0.29) is 0 Å². The van der Waals surface area contributed by atoms with E-state index >= 15 is 0 Å². The fourth-order valence-electron chi connectivity index (χ4n) is 2.37. The van der Waals surface area contributed by atoms with E-state index in [0.29, 0.717) is 6.04 Å². The van der Waals surface area contributed by atoms with E-state index < -0.39 is 0 Å². The molecule has 1 fully saturated rings. The number of nitrogens with one attached hydrogen (secondary N) is 3. The monoisotopic (exact) mass is 242 g/mol. The first kappa shape index (κ1) is 11.3. The van der Waals surface area contributed by atoms with Crippen molar-refractivity contribution in [1.82, 2.24) is 15.3 Å². The van der Waals surface area contributed by atoms with Gasteiger partial charge in [-0.15, -0.1) is 0 Å². The molecule has 0 aliphatic carbocycles. The molecule has 3 rings (SSSR count). The highest BCUT2D eigenvalue weighted by molar-refractivity contribution is 5.62. The molecule has 1 aromatic heterocycles.